The van der Waals surface area contributed by atoms with E-state index in [1.807, 2.05) is 78.6 Å². The quantitative estimate of drug-likeness (QED) is 0.312. The van der Waals surface area contributed by atoms with Crippen LogP contribution in [-0.4, -0.2) is 37.0 Å². The van der Waals surface area contributed by atoms with E-state index in [4.69, 9.17) is 4.74 Å². The summed E-state index contributed by atoms with van der Waals surface area (Å²) in [5.41, 5.74) is 3.24. The van der Waals surface area contributed by atoms with Crippen LogP contribution in [0.3, 0.4) is 0 Å². The van der Waals surface area contributed by atoms with Crippen LogP contribution in [0.5, 0.6) is 5.75 Å². The van der Waals surface area contributed by atoms with Gasteiger partial charge in [-0.15, -0.1) is 11.3 Å². The number of thiazole rings is 1. The van der Waals surface area contributed by atoms with Gasteiger partial charge in [0.15, 0.2) is 10.8 Å². The van der Waals surface area contributed by atoms with Crippen LogP contribution < -0.4 is 15.1 Å². The average molecular weight is 519 g/mol. The first-order valence-electron chi connectivity index (χ1n) is 11.0. The monoisotopic (exact) mass is 518 g/mol. The lowest BCUT2D eigenvalue weighted by atomic mass is 10.2. The molecule has 3 heterocycles. The molecule has 5 rings (SSSR count). The van der Waals surface area contributed by atoms with Crippen molar-refractivity contribution in [2.24, 2.45) is 12.0 Å². The molecule has 0 fully saturated rings. The van der Waals surface area contributed by atoms with Crippen LogP contribution in [0.15, 0.2) is 69.8 Å². The summed E-state index contributed by atoms with van der Waals surface area (Å²) in [6.45, 7) is 3.37. The van der Waals surface area contributed by atoms with Crippen LogP contribution in [0.4, 0.5) is 5.13 Å². The van der Waals surface area contributed by atoms with Gasteiger partial charge in [0, 0.05) is 25.0 Å². The number of nitrogens with zero attached hydrogens (tertiary/aromatic N) is 6. The second-order valence-electron chi connectivity index (χ2n) is 7.92. The Morgan fingerprint density at radius 1 is 1.06 bits per heavy atom. The van der Waals surface area contributed by atoms with E-state index in [1.54, 1.807) is 16.5 Å². The van der Waals surface area contributed by atoms with Crippen molar-refractivity contribution in [1.82, 2.24) is 24.1 Å². The first-order chi connectivity index (χ1) is 17.4. The Kier molecular flexibility index (Phi) is 6.25. The molecule has 11 heteroatoms. The van der Waals surface area contributed by atoms with Crippen LogP contribution in [0.1, 0.15) is 22.4 Å². The number of Topliss-reactive ketones (excluding diaryl/α,β-unsaturated/α-hetero) is 1. The minimum absolute atomic E-state index is 0.148. The second kappa shape index (κ2) is 9.51. The van der Waals surface area contributed by atoms with Gasteiger partial charge in [-0.1, -0.05) is 29.5 Å². The summed E-state index contributed by atoms with van der Waals surface area (Å²) in [7, 11) is 3.45. The highest BCUT2D eigenvalue weighted by atomic mass is 32.1. The number of ether oxygens (including phenoxy) is 1. The van der Waals surface area contributed by atoms with Gasteiger partial charge in [0.1, 0.15) is 5.75 Å². The average Bonchev–Trinajstić information content (AvgIpc) is 3.57. The molecule has 36 heavy (non-hydrogen) atoms. The number of hydrogen-bond donors (Lipinski definition) is 0. The van der Waals surface area contributed by atoms with Gasteiger partial charge in [-0.05, 0) is 43.3 Å². The minimum Gasteiger partial charge on any atom is -0.497 e. The first kappa shape index (κ1) is 23.6. The standard InChI is InChI=1S/C25H22N6O3S2/c1-15-21(23(33)31(29(15)3)18-8-6-5-7-9-18)20-14-35-24(26-20)27-25-30(28-22(36-25)16(2)32)17-10-12-19(34-4)13-11-17/h5-14H,1-4H3/b27-25-. The van der Waals surface area contributed by atoms with Gasteiger partial charge < -0.3 is 4.74 Å². The van der Waals surface area contributed by atoms with Gasteiger partial charge in [0.2, 0.25) is 9.93 Å². The van der Waals surface area contributed by atoms with Crippen LogP contribution in [-0.2, 0) is 7.05 Å². The SMILES string of the molecule is COc1ccc(-n2nc(C(C)=O)s/c2=N\c2nc(-c3c(C)n(C)n(-c4ccccc4)c3=O)cs2)cc1. The summed E-state index contributed by atoms with van der Waals surface area (Å²) < 4.78 is 10.3. The number of hydrogen-bond acceptors (Lipinski definition) is 8. The van der Waals surface area contributed by atoms with Gasteiger partial charge in [-0.25, -0.2) is 14.3 Å². The molecular weight excluding hydrogens is 496 g/mol. The third-order valence-electron chi connectivity index (χ3n) is 5.67. The Balaban J connectivity index is 1.59. The zero-order chi connectivity index (χ0) is 25.4. The molecule has 0 aliphatic carbocycles. The molecule has 5 aromatic rings. The van der Waals surface area contributed by atoms with E-state index in [1.165, 1.54) is 29.6 Å². The summed E-state index contributed by atoms with van der Waals surface area (Å²) in [4.78, 5) is 35.2. The maximum Gasteiger partial charge on any atom is 0.281 e. The fraction of sp³-hybridized carbons (Fsp3) is 0.160. The lowest BCUT2D eigenvalue weighted by molar-refractivity contribution is 0.101. The van der Waals surface area contributed by atoms with Crippen molar-refractivity contribution in [3.8, 4) is 28.4 Å². The molecule has 0 aliphatic rings. The normalized spacial score (nSPS) is 11.7. The fourth-order valence-electron chi connectivity index (χ4n) is 3.76. The molecular formula is C25H22N6O3S2. The number of carbonyl (C=O) groups excluding carboxylic acids is 1. The summed E-state index contributed by atoms with van der Waals surface area (Å²) in [5.74, 6) is 0.564. The summed E-state index contributed by atoms with van der Waals surface area (Å²) in [5, 5.41) is 7.06. The molecule has 0 saturated carbocycles. The van der Waals surface area contributed by atoms with Crippen LogP contribution >= 0.6 is 22.7 Å². The Labute approximate surface area is 214 Å². The van der Waals surface area contributed by atoms with E-state index in [0.29, 0.717) is 31.9 Å². The number of carbonyl (C=O) groups is 1. The second-order valence-corrected chi connectivity index (χ2v) is 9.71. The number of para-hydroxylation sites is 1. The molecule has 0 aliphatic heterocycles. The molecule has 2 aromatic carbocycles. The number of ketones is 1. The highest BCUT2D eigenvalue weighted by Gasteiger charge is 2.20. The van der Waals surface area contributed by atoms with Crippen molar-refractivity contribution >= 4 is 33.6 Å². The zero-order valence-corrected chi connectivity index (χ0v) is 21.6. The van der Waals surface area contributed by atoms with E-state index in [0.717, 1.165) is 17.1 Å². The third-order valence-corrected chi connectivity index (χ3v) is 7.42. The van der Waals surface area contributed by atoms with Crippen LogP contribution in [0.2, 0.25) is 0 Å². The van der Waals surface area contributed by atoms with Gasteiger partial charge in [0.05, 0.1) is 29.7 Å². The number of benzene rings is 2. The molecule has 0 N–H and O–H groups in total. The maximum absolute atomic E-state index is 13.4. The first-order valence-corrected chi connectivity index (χ1v) is 12.7. The van der Waals surface area contributed by atoms with E-state index in [-0.39, 0.29) is 11.3 Å². The maximum atomic E-state index is 13.4. The number of aromatic nitrogens is 5. The molecule has 0 bridgehead atoms. The summed E-state index contributed by atoms with van der Waals surface area (Å²) in [6, 6.07) is 16.8. The minimum atomic E-state index is -0.150. The Morgan fingerprint density at radius 2 is 1.78 bits per heavy atom. The Bertz CT molecular complexity index is 1690. The molecule has 0 atom stereocenters. The molecule has 0 unspecified atom stereocenters. The van der Waals surface area contributed by atoms with Crippen molar-refractivity contribution in [3.63, 3.8) is 0 Å². The van der Waals surface area contributed by atoms with Crippen molar-refractivity contribution in [1.29, 1.82) is 0 Å². The van der Waals surface area contributed by atoms with Crippen LogP contribution in [0.25, 0.3) is 22.6 Å². The van der Waals surface area contributed by atoms with Gasteiger partial charge >= 0.3 is 0 Å². The largest absolute Gasteiger partial charge is 0.497 e. The van der Waals surface area contributed by atoms with Gasteiger partial charge in [0.25, 0.3) is 5.56 Å². The van der Waals surface area contributed by atoms with Crippen molar-refractivity contribution in [3.05, 3.63) is 85.8 Å². The molecule has 0 radical (unpaired) electrons. The topological polar surface area (TPSA) is 96.3 Å². The predicted octanol–water partition coefficient (Wildman–Crippen LogP) is 4.30. The van der Waals surface area contributed by atoms with Crippen LogP contribution in [0, 0.1) is 6.92 Å². The molecule has 3 aromatic heterocycles. The Hall–Kier alpha value is -4.09. The summed E-state index contributed by atoms with van der Waals surface area (Å²) in [6.07, 6.45) is 0. The van der Waals surface area contributed by atoms with E-state index < -0.39 is 0 Å². The smallest absolute Gasteiger partial charge is 0.281 e. The predicted molar refractivity (Wildman–Crippen MR) is 140 cm³/mol. The molecule has 0 saturated heterocycles. The molecule has 182 valence electrons. The fourth-order valence-corrected chi connectivity index (χ4v) is 5.30. The van der Waals surface area contributed by atoms with E-state index in [2.05, 4.69) is 15.1 Å². The number of methoxy groups -OCH3 is 1. The number of rotatable bonds is 6. The van der Waals surface area contributed by atoms with Gasteiger partial charge in [-0.2, -0.15) is 10.1 Å². The highest BCUT2D eigenvalue weighted by molar-refractivity contribution is 7.14. The molecule has 9 nitrogen and oxygen atoms in total. The zero-order valence-electron chi connectivity index (χ0n) is 20.0. The van der Waals surface area contributed by atoms with E-state index >= 15 is 0 Å². The molecule has 0 amide bonds. The highest BCUT2D eigenvalue weighted by Crippen LogP contribution is 2.27. The van der Waals surface area contributed by atoms with E-state index in [9.17, 15) is 9.59 Å². The molecule has 0 spiro atoms. The van der Waals surface area contributed by atoms with Gasteiger partial charge in [-0.3, -0.25) is 14.3 Å². The van der Waals surface area contributed by atoms with Crippen molar-refractivity contribution in [2.45, 2.75) is 13.8 Å². The van der Waals surface area contributed by atoms with Crippen molar-refractivity contribution in [2.75, 3.05) is 7.11 Å². The lowest BCUT2D eigenvalue weighted by Gasteiger charge is -2.07. The van der Waals surface area contributed by atoms with Crippen molar-refractivity contribution < 1.29 is 9.53 Å². The third kappa shape index (κ3) is 4.23. The summed E-state index contributed by atoms with van der Waals surface area (Å²) >= 11 is 2.50. The Morgan fingerprint density at radius 3 is 2.44 bits per heavy atom. The lowest BCUT2D eigenvalue weighted by Crippen LogP contribution is -2.20.